The molecule has 0 heterocycles. The molecule has 60 heavy (non-hydrogen) atoms. The van der Waals surface area contributed by atoms with Crippen molar-refractivity contribution in [2.45, 2.75) is 105 Å². The number of nitrogens with one attached hydrogen (secondary N) is 1. The van der Waals surface area contributed by atoms with Gasteiger partial charge in [0.2, 0.25) is 0 Å². The van der Waals surface area contributed by atoms with E-state index in [1.165, 1.54) is 67.1 Å². The van der Waals surface area contributed by atoms with Crippen LogP contribution in [-0.4, -0.2) is 31.2 Å². The van der Waals surface area contributed by atoms with Gasteiger partial charge in [0.05, 0.1) is 6.04 Å². The quantitative estimate of drug-likeness (QED) is 0.0637. The van der Waals surface area contributed by atoms with Gasteiger partial charge in [0, 0.05) is 58.4 Å². The van der Waals surface area contributed by atoms with E-state index in [1.54, 1.807) is 6.92 Å². The monoisotopic (exact) mass is 797 g/mol. The van der Waals surface area contributed by atoms with Crippen molar-refractivity contribution in [1.82, 2.24) is 0 Å². The maximum Gasteiger partial charge on any atom is 0.333 e. The molecule has 0 aromatic heterocycles. The molecule has 0 amide bonds. The standard InChI is InChI=1S/C55H63N3O2/c1-9-35-57(53-38(5)17-15-18-39(53)6)44-29-25-42(26-30-44)52(43-27-31-45(32-28-43)58(36-10-2)54-40(7)19-16-20-41(54)8)48-33-34-49(47-22-12-11-21-46(47)48)56-50-23-13-14-24-51(50)60-55(59)37(3)4/h11-12,15-22,25-34,50-52,56H,3,9-10,13-14,23-24,35-36H2,1-2,4-8H3. The third kappa shape index (κ3) is 9.01. The van der Waals surface area contributed by atoms with Crippen LogP contribution in [0, 0.1) is 27.7 Å². The molecule has 1 aliphatic rings. The second-order valence-electron chi connectivity index (χ2n) is 16.9. The lowest BCUT2D eigenvalue weighted by Gasteiger charge is -2.33. The van der Waals surface area contributed by atoms with E-state index < -0.39 is 0 Å². The number of fused-ring (bicyclic) bond motifs is 1. The van der Waals surface area contributed by atoms with Crippen molar-refractivity contribution < 1.29 is 9.53 Å². The molecule has 1 N–H and O–H groups in total. The number of nitrogens with zero attached hydrogens (tertiary/aromatic N) is 2. The average molecular weight is 798 g/mol. The van der Waals surface area contributed by atoms with Gasteiger partial charge in [-0.05, 0) is 141 Å². The summed E-state index contributed by atoms with van der Waals surface area (Å²) in [4.78, 5) is 17.6. The van der Waals surface area contributed by atoms with Crippen molar-refractivity contribution in [3.05, 3.63) is 172 Å². The van der Waals surface area contributed by atoms with Gasteiger partial charge in [-0.3, -0.25) is 0 Å². The Labute approximate surface area is 359 Å². The highest BCUT2D eigenvalue weighted by Gasteiger charge is 2.30. The SMILES string of the molecule is C=C(C)C(=O)OC1CCCCC1Nc1ccc(C(c2ccc(N(CCC)c3c(C)cccc3C)cc2)c2ccc(N(CCC)c3c(C)cccc3C)cc2)c2ccccc12. The first-order valence-electron chi connectivity index (χ1n) is 22.1. The fraction of sp³-hybridized carbons (Fsp3) is 0.327. The van der Waals surface area contributed by atoms with Crippen molar-refractivity contribution in [2.24, 2.45) is 0 Å². The fourth-order valence-corrected chi connectivity index (χ4v) is 9.44. The van der Waals surface area contributed by atoms with Crippen molar-refractivity contribution in [3.63, 3.8) is 0 Å². The number of carbonyl (C=O) groups excluding carboxylic acids is 1. The first-order chi connectivity index (χ1) is 29.1. The molecular formula is C55H63N3O2. The Kier molecular flexibility index (Phi) is 13.4. The lowest BCUT2D eigenvalue weighted by molar-refractivity contribution is -0.146. The summed E-state index contributed by atoms with van der Waals surface area (Å²) in [5.41, 5.74) is 15.4. The summed E-state index contributed by atoms with van der Waals surface area (Å²) < 4.78 is 5.99. The molecule has 0 bridgehead atoms. The Balaban J connectivity index is 1.32. The van der Waals surface area contributed by atoms with E-state index in [0.29, 0.717) is 5.57 Å². The number of benzene rings is 6. The summed E-state index contributed by atoms with van der Waals surface area (Å²) >= 11 is 0. The predicted molar refractivity (Wildman–Crippen MR) is 255 cm³/mol. The fourth-order valence-electron chi connectivity index (χ4n) is 9.44. The van der Waals surface area contributed by atoms with E-state index in [1.807, 2.05) is 0 Å². The number of para-hydroxylation sites is 2. The number of anilines is 5. The van der Waals surface area contributed by atoms with Gasteiger partial charge in [-0.15, -0.1) is 0 Å². The third-order valence-corrected chi connectivity index (χ3v) is 12.3. The molecule has 2 atom stereocenters. The second kappa shape index (κ2) is 19.1. The molecule has 2 unspecified atom stereocenters. The highest BCUT2D eigenvalue weighted by molar-refractivity contribution is 5.97. The number of ether oxygens (including phenoxy) is 1. The summed E-state index contributed by atoms with van der Waals surface area (Å²) in [5, 5.41) is 6.23. The number of rotatable bonds is 15. The van der Waals surface area contributed by atoms with Crippen molar-refractivity contribution in [1.29, 1.82) is 0 Å². The minimum absolute atomic E-state index is 0.0226. The molecule has 0 saturated heterocycles. The van der Waals surface area contributed by atoms with Gasteiger partial charge in [0.25, 0.3) is 0 Å². The Morgan fingerprint density at radius 3 is 1.62 bits per heavy atom. The minimum Gasteiger partial charge on any atom is -0.457 e. The summed E-state index contributed by atoms with van der Waals surface area (Å²) in [5.74, 6) is -0.335. The topological polar surface area (TPSA) is 44.8 Å². The largest absolute Gasteiger partial charge is 0.457 e. The van der Waals surface area contributed by atoms with Gasteiger partial charge < -0.3 is 19.9 Å². The van der Waals surface area contributed by atoms with Crippen LogP contribution in [0.4, 0.5) is 28.4 Å². The maximum absolute atomic E-state index is 12.6. The molecule has 6 aromatic carbocycles. The lowest BCUT2D eigenvalue weighted by atomic mass is 9.82. The third-order valence-electron chi connectivity index (χ3n) is 12.3. The van der Waals surface area contributed by atoms with E-state index in [2.05, 4.69) is 185 Å². The molecular weight excluding hydrogens is 735 g/mol. The molecule has 6 aromatic rings. The number of carbonyl (C=O) groups is 1. The summed E-state index contributed by atoms with van der Waals surface area (Å²) in [6.07, 6.45) is 5.84. The van der Waals surface area contributed by atoms with Crippen LogP contribution >= 0.6 is 0 Å². The molecule has 7 rings (SSSR count). The van der Waals surface area contributed by atoms with Crippen LogP contribution in [-0.2, 0) is 9.53 Å². The number of hydrogen-bond donors (Lipinski definition) is 1. The zero-order valence-electron chi connectivity index (χ0n) is 36.9. The predicted octanol–water partition coefficient (Wildman–Crippen LogP) is 14.2. The van der Waals surface area contributed by atoms with Crippen LogP contribution in [0.5, 0.6) is 0 Å². The van der Waals surface area contributed by atoms with E-state index >= 15 is 0 Å². The van der Waals surface area contributed by atoms with Crippen LogP contribution in [0.25, 0.3) is 10.8 Å². The van der Waals surface area contributed by atoms with Crippen LogP contribution in [0.3, 0.4) is 0 Å². The van der Waals surface area contributed by atoms with Crippen LogP contribution in [0.2, 0.25) is 0 Å². The van der Waals surface area contributed by atoms with Gasteiger partial charge in [-0.25, -0.2) is 4.79 Å². The van der Waals surface area contributed by atoms with Crippen LogP contribution < -0.4 is 15.1 Å². The van der Waals surface area contributed by atoms with Crippen LogP contribution in [0.15, 0.2) is 133 Å². The Bertz CT molecular complexity index is 2290. The van der Waals surface area contributed by atoms with E-state index in [9.17, 15) is 4.79 Å². The smallest absolute Gasteiger partial charge is 0.333 e. The molecule has 0 aliphatic heterocycles. The first kappa shape index (κ1) is 42.3. The summed E-state index contributed by atoms with van der Waals surface area (Å²) in [7, 11) is 0. The maximum atomic E-state index is 12.6. The normalized spacial score (nSPS) is 15.2. The van der Waals surface area contributed by atoms with Crippen molar-refractivity contribution in [3.8, 4) is 0 Å². The molecule has 0 spiro atoms. The highest BCUT2D eigenvalue weighted by Crippen LogP contribution is 2.42. The number of hydrogen-bond acceptors (Lipinski definition) is 5. The van der Waals surface area contributed by atoms with E-state index in [4.69, 9.17) is 4.74 Å². The number of aryl methyl sites for hydroxylation is 4. The Morgan fingerprint density at radius 1 is 0.650 bits per heavy atom. The molecule has 1 saturated carbocycles. The van der Waals surface area contributed by atoms with Crippen molar-refractivity contribution >= 4 is 45.2 Å². The molecule has 1 aliphatic carbocycles. The average Bonchev–Trinajstić information content (AvgIpc) is 3.25. The van der Waals surface area contributed by atoms with Gasteiger partial charge in [-0.1, -0.05) is 118 Å². The molecule has 310 valence electrons. The minimum atomic E-state index is -0.313. The van der Waals surface area contributed by atoms with Gasteiger partial charge in [-0.2, -0.15) is 0 Å². The first-order valence-corrected chi connectivity index (χ1v) is 22.1. The zero-order chi connectivity index (χ0) is 42.3. The van der Waals surface area contributed by atoms with Gasteiger partial charge in [0.1, 0.15) is 6.10 Å². The highest BCUT2D eigenvalue weighted by atomic mass is 16.5. The zero-order valence-corrected chi connectivity index (χ0v) is 36.9. The summed E-state index contributed by atoms with van der Waals surface area (Å²) in [6.45, 7) is 20.8. The Morgan fingerprint density at radius 2 is 1.13 bits per heavy atom. The van der Waals surface area contributed by atoms with E-state index in [-0.39, 0.29) is 24.0 Å². The number of esters is 1. The van der Waals surface area contributed by atoms with Gasteiger partial charge >= 0.3 is 5.97 Å². The lowest BCUT2D eigenvalue weighted by Crippen LogP contribution is -2.40. The van der Waals surface area contributed by atoms with E-state index in [0.717, 1.165) is 62.7 Å². The summed E-state index contributed by atoms with van der Waals surface area (Å²) in [6, 6.07) is 45.1. The van der Waals surface area contributed by atoms with Gasteiger partial charge in [0.15, 0.2) is 0 Å². The van der Waals surface area contributed by atoms with Crippen LogP contribution in [0.1, 0.15) is 104 Å². The molecule has 0 radical (unpaired) electrons. The van der Waals surface area contributed by atoms with Crippen molar-refractivity contribution in [2.75, 3.05) is 28.2 Å². The molecule has 5 heteroatoms. The molecule has 5 nitrogen and oxygen atoms in total. The molecule has 1 fully saturated rings. The Hall–Kier alpha value is -5.81. The second-order valence-corrected chi connectivity index (χ2v) is 16.9.